The van der Waals surface area contributed by atoms with Crippen LogP contribution in [-0.2, 0) is 17.7 Å². The van der Waals surface area contributed by atoms with E-state index in [4.69, 9.17) is 4.74 Å². The summed E-state index contributed by atoms with van der Waals surface area (Å²) in [4.78, 5) is 15.0. The minimum Gasteiger partial charge on any atom is -0.378 e. The van der Waals surface area contributed by atoms with E-state index < -0.39 is 0 Å². The van der Waals surface area contributed by atoms with Crippen molar-refractivity contribution >= 4 is 16.8 Å². The Bertz CT molecular complexity index is 940. The molecule has 0 atom stereocenters. The first kappa shape index (κ1) is 18.8. The molecule has 146 valence electrons. The average Bonchev–Trinajstić information content (AvgIpc) is 3.12. The summed E-state index contributed by atoms with van der Waals surface area (Å²) in [5.74, 6) is 0.127. The standard InChI is InChI=1S/C24H28N2O2/c1-19-8-7-12-21-22(24(27)25-14-16-28-17-15-25)18-26(23(19)21)13-6-5-11-20-9-3-2-4-10-20/h2-4,7-10,12,18H,5-6,11,13-17H2,1H3. The van der Waals surface area contributed by atoms with Crippen molar-refractivity contribution in [3.63, 3.8) is 0 Å². The van der Waals surface area contributed by atoms with Crippen LogP contribution in [0.25, 0.3) is 10.9 Å². The maximum Gasteiger partial charge on any atom is 0.256 e. The Morgan fingerprint density at radius 2 is 1.79 bits per heavy atom. The van der Waals surface area contributed by atoms with Gasteiger partial charge in [-0.1, -0.05) is 48.5 Å². The van der Waals surface area contributed by atoms with Crippen molar-refractivity contribution in [1.82, 2.24) is 9.47 Å². The van der Waals surface area contributed by atoms with Gasteiger partial charge in [-0.05, 0) is 37.3 Å². The molecule has 0 spiro atoms. The van der Waals surface area contributed by atoms with E-state index in [1.807, 2.05) is 11.0 Å². The fraction of sp³-hybridized carbons (Fsp3) is 0.375. The van der Waals surface area contributed by atoms with Gasteiger partial charge in [0.1, 0.15) is 0 Å². The van der Waals surface area contributed by atoms with E-state index in [1.54, 1.807) is 0 Å². The molecule has 0 unspecified atom stereocenters. The zero-order valence-electron chi connectivity index (χ0n) is 16.6. The minimum atomic E-state index is 0.127. The maximum atomic E-state index is 13.1. The number of aromatic nitrogens is 1. The van der Waals surface area contributed by atoms with E-state index in [9.17, 15) is 4.79 Å². The van der Waals surface area contributed by atoms with Crippen molar-refractivity contribution in [3.8, 4) is 0 Å². The molecule has 4 rings (SSSR count). The molecule has 0 bridgehead atoms. The van der Waals surface area contributed by atoms with Crippen LogP contribution in [0, 0.1) is 6.92 Å². The minimum absolute atomic E-state index is 0.127. The van der Waals surface area contributed by atoms with Gasteiger partial charge in [-0.3, -0.25) is 4.79 Å². The summed E-state index contributed by atoms with van der Waals surface area (Å²) in [6, 6.07) is 16.9. The van der Waals surface area contributed by atoms with Crippen molar-refractivity contribution in [3.05, 3.63) is 71.4 Å². The lowest BCUT2D eigenvalue weighted by molar-refractivity contribution is 0.0304. The van der Waals surface area contributed by atoms with E-state index in [0.717, 1.165) is 36.8 Å². The molecule has 1 aliphatic rings. The molecule has 2 heterocycles. The number of carbonyl (C=O) groups excluding carboxylic acids is 1. The molecule has 0 aliphatic carbocycles. The number of rotatable bonds is 6. The number of hydrogen-bond donors (Lipinski definition) is 0. The van der Waals surface area contributed by atoms with Gasteiger partial charge in [0, 0.05) is 31.2 Å². The van der Waals surface area contributed by atoms with Crippen LogP contribution in [0.2, 0.25) is 0 Å². The summed E-state index contributed by atoms with van der Waals surface area (Å²) in [7, 11) is 0. The average molecular weight is 377 g/mol. The van der Waals surface area contributed by atoms with Gasteiger partial charge in [0.25, 0.3) is 5.91 Å². The molecule has 1 saturated heterocycles. The SMILES string of the molecule is Cc1cccc2c(C(=O)N3CCOCC3)cn(CCCCc3ccccc3)c12. The highest BCUT2D eigenvalue weighted by Gasteiger charge is 2.23. The fourth-order valence-corrected chi connectivity index (χ4v) is 4.09. The second-order valence-corrected chi connectivity index (χ2v) is 7.55. The third kappa shape index (κ3) is 3.97. The van der Waals surface area contributed by atoms with Gasteiger partial charge >= 0.3 is 0 Å². The number of morpholine rings is 1. The molecule has 3 aromatic rings. The molecule has 2 aromatic carbocycles. The fourth-order valence-electron chi connectivity index (χ4n) is 4.09. The lowest BCUT2D eigenvalue weighted by Crippen LogP contribution is -2.40. The number of ether oxygens (including phenoxy) is 1. The lowest BCUT2D eigenvalue weighted by Gasteiger charge is -2.26. The van der Waals surface area contributed by atoms with Gasteiger partial charge in [0.15, 0.2) is 0 Å². The number of benzene rings is 2. The van der Waals surface area contributed by atoms with E-state index >= 15 is 0 Å². The Labute approximate surface area is 166 Å². The van der Waals surface area contributed by atoms with Crippen molar-refractivity contribution in [1.29, 1.82) is 0 Å². The zero-order chi connectivity index (χ0) is 19.3. The van der Waals surface area contributed by atoms with Crippen LogP contribution in [0.5, 0.6) is 0 Å². The number of fused-ring (bicyclic) bond motifs is 1. The predicted octanol–water partition coefficient (Wildman–Crippen LogP) is 4.45. The van der Waals surface area contributed by atoms with Gasteiger partial charge in [0.2, 0.25) is 0 Å². The molecule has 0 radical (unpaired) electrons. The van der Waals surface area contributed by atoms with Crippen molar-refractivity contribution in [2.45, 2.75) is 32.7 Å². The number of hydrogen-bond acceptors (Lipinski definition) is 2. The van der Waals surface area contributed by atoms with Gasteiger partial charge in [-0.15, -0.1) is 0 Å². The van der Waals surface area contributed by atoms with Crippen LogP contribution in [-0.4, -0.2) is 41.7 Å². The second-order valence-electron chi connectivity index (χ2n) is 7.55. The van der Waals surface area contributed by atoms with E-state index in [-0.39, 0.29) is 5.91 Å². The van der Waals surface area contributed by atoms with Crippen LogP contribution in [0.3, 0.4) is 0 Å². The van der Waals surface area contributed by atoms with Crippen molar-refractivity contribution in [2.24, 2.45) is 0 Å². The smallest absolute Gasteiger partial charge is 0.256 e. The Balaban J connectivity index is 1.52. The molecule has 1 aliphatic heterocycles. The van der Waals surface area contributed by atoms with Crippen LogP contribution >= 0.6 is 0 Å². The monoisotopic (exact) mass is 376 g/mol. The summed E-state index contributed by atoms with van der Waals surface area (Å²) in [5, 5.41) is 1.07. The third-order valence-electron chi connectivity index (χ3n) is 5.59. The summed E-state index contributed by atoms with van der Waals surface area (Å²) in [5.41, 5.74) is 4.63. The van der Waals surface area contributed by atoms with Crippen LogP contribution in [0.4, 0.5) is 0 Å². The van der Waals surface area contributed by atoms with Crippen LogP contribution < -0.4 is 0 Å². The first-order valence-electron chi connectivity index (χ1n) is 10.2. The predicted molar refractivity (Wildman–Crippen MR) is 113 cm³/mol. The zero-order valence-corrected chi connectivity index (χ0v) is 16.6. The number of unbranched alkanes of at least 4 members (excludes halogenated alkanes) is 1. The number of aryl methyl sites for hydroxylation is 3. The first-order valence-corrected chi connectivity index (χ1v) is 10.2. The Morgan fingerprint density at radius 3 is 2.57 bits per heavy atom. The second kappa shape index (κ2) is 8.61. The third-order valence-corrected chi connectivity index (χ3v) is 5.59. The first-order chi connectivity index (χ1) is 13.7. The summed E-state index contributed by atoms with van der Waals surface area (Å²) in [6.45, 7) is 5.67. The maximum absolute atomic E-state index is 13.1. The molecular formula is C24H28N2O2. The lowest BCUT2D eigenvalue weighted by atomic mass is 10.1. The Kier molecular flexibility index (Phi) is 5.77. The van der Waals surface area contributed by atoms with Crippen molar-refractivity contribution < 1.29 is 9.53 Å². The van der Waals surface area contributed by atoms with Gasteiger partial charge in [0.05, 0.1) is 24.3 Å². The topological polar surface area (TPSA) is 34.5 Å². The molecule has 28 heavy (non-hydrogen) atoms. The highest BCUT2D eigenvalue weighted by atomic mass is 16.5. The number of amides is 1. The number of nitrogens with zero attached hydrogens (tertiary/aromatic N) is 2. The van der Waals surface area contributed by atoms with Gasteiger partial charge in [-0.25, -0.2) is 0 Å². The molecule has 4 heteroatoms. The molecule has 1 amide bonds. The summed E-state index contributed by atoms with van der Waals surface area (Å²) in [6.07, 6.45) is 5.40. The molecule has 1 fully saturated rings. The summed E-state index contributed by atoms with van der Waals surface area (Å²) < 4.78 is 7.68. The number of para-hydroxylation sites is 1. The van der Waals surface area contributed by atoms with E-state index in [1.165, 1.54) is 16.6 Å². The van der Waals surface area contributed by atoms with Gasteiger partial charge < -0.3 is 14.2 Å². The Morgan fingerprint density at radius 1 is 1.00 bits per heavy atom. The van der Waals surface area contributed by atoms with Crippen molar-refractivity contribution in [2.75, 3.05) is 26.3 Å². The molecular weight excluding hydrogens is 348 g/mol. The summed E-state index contributed by atoms with van der Waals surface area (Å²) >= 11 is 0. The normalized spacial score (nSPS) is 14.5. The molecule has 4 nitrogen and oxygen atoms in total. The van der Waals surface area contributed by atoms with Crippen LogP contribution in [0.15, 0.2) is 54.7 Å². The highest BCUT2D eigenvalue weighted by molar-refractivity contribution is 6.07. The molecule has 1 aromatic heterocycles. The van der Waals surface area contributed by atoms with E-state index in [0.29, 0.717) is 26.3 Å². The van der Waals surface area contributed by atoms with Gasteiger partial charge in [-0.2, -0.15) is 0 Å². The molecule has 0 N–H and O–H groups in total. The highest BCUT2D eigenvalue weighted by Crippen LogP contribution is 2.26. The number of carbonyl (C=O) groups is 1. The van der Waals surface area contributed by atoms with E-state index in [2.05, 4.69) is 60.2 Å². The molecule has 0 saturated carbocycles. The van der Waals surface area contributed by atoms with Crippen LogP contribution in [0.1, 0.15) is 34.3 Å². The largest absolute Gasteiger partial charge is 0.378 e. The quantitative estimate of drug-likeness (QED) is 0.596. The Hall–Kier alpha value is -2.59.